The monoisotopic (exact) mass is 333 g/mol. The summed E-state index contributed by atoms with van der Waals surface area (Å²) < 4.78 is 1.88. The van der Waals surface area contributed by atoms with E-state index in [2.05, 4.69) is 20.8 Å². The molecule has 1 aromatic heterocycles. The Morgan fingerprint density at radius 3 is 2.52 bits per heavy atom. The fourth-order valence-electron chi connectivity index (χ4n) is 2.75. The Morgan fingerprint density at radius 1 is 1.12 bits per heavy atom. The van der Waals surface area contributed by atoms with E-state index in [0.29, 0.717) is 12.5 Å². The molecular formula is C19H19N5O. The average molecular weight is 333 g/mol. The number of nitrogens with zero attached hydrogens (tertiary/aromatic N) is 4. The molecule has 0 aliphatic heterocycles. The number of aryl methyl sites for hydroxylation is 1. The SMILES string of the molecule is Cc1ccc(CC(=O)Nc2ccc(-c3nnnn3C3CC3)cc2)cc1. The number of anilines is 1. The van der Waals surface area contributed by atoms with Gasteiger partial charge in [0.25, 0.3) is 0 Å². The number of tetrazole rings is 1. The molecule has 0 saturated heterocycles. The lowest BCUT2D eigenvalue weighted by Crippen LogP contribution is -2.14. The van der Waals surface area contributed by atoms with Crippen molar-refractivity contribution in [2.24, 2.45) is 0 Å². The molecule has 1 N–H and O–H groups in total. The summed E-state index contributed by atoms with van der Waals surface area (Å²) in [6.45, 7) is 2.03. The summed E-state index contributed by atoms with van der Waals surface area (Å²) in [5.74, 6) is 0.749. The molecule has 1 amide bonds. The minimum Gasteiger partial charge on any atom is -0.326 e. The molecule has 4 rings (SSSR count). The Kier molecular flexibility index (Phi) is 4.01. The topological polar surface area (TPSA) is 72.7 Å². The Hall–Kier alpha value is -3.02. The number of carbonyl (C=O) groups is 1. The zero-order valence-corrected chi connectivity index (χ0v) is 14.0. The van der Waals surface area contributed by atoms with Crippen LogP contribution in [0.3, 0.4) is 0 Å². The largest absolute Gasteiger partial charge is 0.326 e. The van der Waals surface area contributed by atoms with Crippen molar-refractivity contribution in [3.8, 4) is 11.4 Å². The standard InChI is InChI=1S/C19H19N5O/c1-13-2-4-14(5-3-13)12-18(25)20-16-8-6-15(7-9-16)19-21-22-23-24(19)17-10-11-17/h2-9,17H,10-12H2,1H3,(H,20,25). The van der Waals surface area contributed by atoms with E-state index < -0.39 is 0 Å². The summed E-state index contributed by atoms with van der Waals surface area (Å²) in [4.78, 5) is 12.2. The van der Waals surface area contributed by atoms with Gasteiger partial charge in [-0.15, -0.1) is 5.10 Å². The normalized spacial score (nSPS) is 13.6. The van der Waals surface area contributed by atoms with Crippen molar-refractivity contribution in [3.05, 3.63) is 59.7 Å². The molecule has 6 heteroatoms. The molecule has 0 radical (unpaired) electrons. The predicted molar refractivity (Wildman–Crippen MR) is 95.0 cm³/mol. The Morgan fingerprint density at radius 2 is 1.84 bits per heavy atom. The van der Waals surface area contributed by atoms with Crippen LogP contribution in [-0.2, 0) is 11.2 Å². The second-order valence-corrected chi connectivity index (χ2v) is 6.47. The van der Waals surface area contributed by atoms with Crippen LogP contribution in [0.15, 0.2) is 48.5 Å². The first-order chi connectivity index (χ1) is 12.2. The molecule has 0 atom stereocenters. The van der Waals surface area contributed by atoms with E-state index in [0.717, 1.165) is 35.5 Å². The van der Waals surface area contributed by atoms with E-state index >= 15 is 0 Å². The van der Waals surface area contributed by atoms with Crippen molar-refractivity contribution in [2.75, 3.05) is 5.32 Å². The van der Waals surface area contributed by atoms with Gasteiger partial charge in [-0.1, -0.05) is 29.8 Å². The minimum atomic E-state index is -0.0283. The third-order valence-corrected chi connectivity index (χ3v) is 4.30. The first-order valence-electron chi connectivity index (χ1n) is 8.43. The van der Waals surface area contributed by atoms with Gasteiger partial charge >= 0.3 is 0 Å². The first kappa shape index (κ1) is 15.5. The highest BCUT2D eigenvalue weighted by atomic mass is 16.1. The molecule has 1 heterocycles. The van der Waals surface area contributed by atoms with Gasteiger partial charge in [0, 0.05) is 11.3 Å². The second-order valence-electron chi connectivity index (χ2n) is 6.47. The summed E-state index contributed by atoms with van der Waals surface area (Å²) in [6, 6.07) is 16.1. The van der Waals surface area contributed by atoms with Crippen LogP contribution in [0.4, 0.5) is 5.69 Å². The maximum atomic E-state index is 12.2. The lowest BCUT2D eigenvalue weighted by molar-refractivity contribution is -0.115. The maximum absolute atomic E-state index is 12.2. The zero-order chi connectivity index (χ0) is 17.2. The van der Waals surface area contributed by atoms with Gasteiger partial charge in [-0.25, -0.2) is 4.68 Å². The third kappa shape index (κ3) is 3.57. The van der Waals surface area contributed by atoms with Gasteiger partial charge in [-0.05, 0) is 60.0 Å². The van der Waals surface area contributed by atoms with E-state index in [1.807, 2.05) is 60.1 Å². The highest BCUT2D eigenvalue weighted by molar-refractivity contribution is 5.92. The summed E-state index contributed by atoms with van der Waals surface area (Å²) in [5.41, 5.74) is 3.91. The second kappa shape index (κ2) is 6.47. The lowest BCUT2D eigenvalue weighted by Gasteiger charge is -2.07. The quantitative estimate of drug-likeness (QED) is 0.778. The van der Waals surface area contributed by atoms with Crippen molar-refractivity contribution < 1.29 is 4.79 Å². The van der Waals surface area contributed by atoms with E-state index in [-0.39, 0.29) is 5.91 Å². The third-order valence-electron chi connectivity index (χ3n) is 4.30. The molecule has 1 saturated carbocycles. The molecule has 0 bridgehead atoms. The van der Waals surface area contributed by atoms with Crippen molar-refractivity contribution in [1.29, 1.82) is 0 Å². The number of nitrogens with one attached hydrogen (secondary N) is 1. The summed E-state index contributed by atoms with van der Waals surface area (Å²) >= 11 is 0. The summed E-state index contributed by atoms with van der Waals surface area (Å²) in [5, 5.41) is 14.9. The van der Waals surface area contributed by atoms with E-state index in [9.17, 15) is 4.79 Å². The average Bonchev–Trinajstić information content (AvgIpc) is 3.34. The lowest BCUT2D eigenvalue weighted by atomic mass is 10.1. The predicted octanol–water partition coefficient (Wildman–Crippen LogP) is 3.16. The first-order valence-corrected chi connectivity index (χ1v) is 8.43. The van der Waals surface area contributed by atoms with Crippen molar-refractivity contribution in [1.82, 2.24) is 20.2 Å². The van der Waals surface area contributed by atoms with Crippen LogP contribution >= 0.6 is 0 Å². The fraction of sp³-hybridized carbons (Fsp3) is 0.263. The number of hydrogen-bond donors (Lipinski definition) is 1. The number of aromatic nitrogens is 4. The molecule has 3 aromatic rings. The van der Waals surface area contributed by atoms with E-state index in [4.69, 9.17) is 0 Å². The Bertz CT molecular complexity index is 879. The smallest absolute Gasteiger partial charge is 0.228 e. The fourth-order valence-corrected chi connectivity index (χ4v) is 2.75. The number of hydrogen-bond acceptors (Lipinski definition) is 4. The van der Waals surface area contributed by atoms with Crippen molar-refractivity contribution >= 4 is 11.6 Å². The van der Waals surface area contributed by atoms with Crippen LogP contribution in [0.1, 0.15) is 30.0 Å². The number of benzene rings is 2. The molecule has 6 nitrogen and oxygen atoms in total. The molecule has 0 unspecified atom stereocenters. The van der Waals surface area contributed by atoms with Crippen LogP contribution in [0.25, 0.3) is 11.4 Å². The molecule has 1 fully saturated rings. The molecule has 1 aliphatic rings. The number of rotatable bonds is 5. The van der Waals surface area contributed by atoms with Gasteiger partial charge in [0.05, 0.1) is 12.5 Å². The van der Waals surface area contributed by atoms with Gasteiger partial charge in [0.1, 0.15) is 0 Å². The number of amides is 1. The van der Waals surface area contributed by atoms with Gasteiger partial charge in [-0.2, -0.15) is 0 Å². The van der Waals surface area contributed by atoms with Crippen LogP contribution in [0, 0.1) is 6.92 Å². The van der Waals surface area contributed by atoms with Crippen molar-refractivity contribution in [2.45, 2.75) is 32.2 Å². The van der Waals surface area contributed by atoms with Crippen molar-refractivity contribution in [3.63, 3.8) is 0 Å². The van der Waals surface area contributed by atoms with Crippen LogP contribution in [0.5, 0.6) is 0 Å². The molecule has 126 valence electrons. The Balaban J connectivity index is 1.42. The number of carbonyl (C=O) groups excluding carboxylic acids is 1. The summed E-state index contributed by atoms with van der Waals surface area (Å²) in [7, 11) is 0. The molecule has 0 spiro atoms. The van der Waals surface area contributed by atoms with Gasteiger partial charge < -0.3 is 5.32 Å². The van der Waals surface area contributed by atoms with Gasteiger partial charge in [0.2, 0.25) is 5.91 Å². The van der Waals surface area contributed by atoms with E-state index in [1.54, 1.807) is 0 Å². The summed E-state index contributed by atoms with van der Waals surface area (Å²) in [6.07, 6.45) is 2.62. The molecular weight excluding hydrogens is 314 g/mol. The molecule has 2 aromatic carbocycles. The van der Waals surface area contributed by atoms with Gasteiger partial charge in [-0.3, -0.25) is 4.79 Å². The maximum Gasteiger partial charge on any atom is 0.228 e. The minimum absolute atomic E-state index is 0.0283. The van der Waals surface area contributed by atoms with Crippen LogP contribution in [0.2, 0.25) is 0 Å². The van der Waals surface area contributed by atoms with Crippen LogP contribution < -0.4 is 5.32 Å². The zero-order valence-electron chi connectivity index (χ0n) is 14.0. The molecule has 1 aliphatic carbocycles. The van der Waals surface area contributed by atoms with E-state index in [1.165, 1.54) is 5.56 Å². The highest BCUT2D eigenvalue weighted by Crippen LogP contribution is 2.36. The molecule has 25 heavy (non-hydrogen) atoms. The van der Waals surface area contributed by atoms with Gasteiger partial charge in [0.15, 0.2) is 5.82 Å². The van der Waals surface area contributed by atoms with Crippen LogP contribution in [-0.4, -0.2) is 26.1 Å². The highest BCUT2D eigenvalue weighted by Gasteiger charge is 2.28. The Labute approximate surface area is 145 Å².